The Balaban J connectivity index is 2.15. The fourth-order valence-electron chi connectivity index (χ4n) is 2.60. The molecule has 0 atom stereocenters. The summed E-state index contributed by atoms with van der Waals surface area (Å²) in [6.07, 6.45) is 1.61. The van der Waals surface area contributed by atoms with Crippen molar-refractivity contribution in [1.29, 1.82) is 0 Å². The fraction of sp³-hybridized carbons (Fsp3) is 0.235. The van der Waals surface area contributed by atoms with Crippen molar-refractivity contribution in [2.24, 2.45) is 0 Å². The molecular formula is C17H18N4O4S. The van der Waals surface area contributed by atoms with Crippen molar-refractivity contribution in [3.05, 3.63) is 36.2 Å². The van der Waals surface area contributed by atoms with E-state index in [1.165, 1.54) is 21.3 Å². The highest BCUT2D eigenvalue weighted by Gasteiger charge is 2.17. The minimum atomic E-state index is -3.57. The monoisotopic (exact) mass is 374 g/mol. The summed E-state index contributed by atoms with van der Waals surface area (Å²) in [6, 6.07) is 7.29. The van der Waals surface area contributed by atoms with Gasteiger partial charge in [0.25, 0.3) is 0 Å². The van der Waals surface area contributed by atoms with Crippen molar-refractivity contribution in [1.82, 2.24) is 19.7 Å². The van der Waals surface area contributed by atoms with Crippen molar-refractivity contribution in [2.75, 3.05) is 21.3 Å². The van der Waals surface area contributed by atoms with Gasteiger partial charge >= 0.3 is 6.01 Å². The van der Waals surface area contributed by atoms with Gasteiger partial charge in [-0.1, -0.05) is 12.1 Å². The summed E-state index contributed by atoms with van der Waals surface area (Å²) in [5, 5.41) is 0.710. The maximum absolute atomic E-state index is 12.1. The number of aromatic nitrogens is 3. The first-order valence-corrected chi connectivity index (χ1v) is 9.18. The predicted octanol–water partition coefficient (Wildman–Crippen LogP) is 1.93. The summed E-state index contributed by atoms with van der Waals surface area (Å²) in [7, 11) is 0.803. The lowest BCUT2D eigenvalue weighted by Crippen LogP contribution is -2.20. The minimum Gasteiger partial charge on any atom is -0.480 e. The molecule has 0 spiro atoms. The highest BCUT2D eigenvalue weighted by molar-refractivity contribution is 7.89. The molecule has 26 heavy (non-hydrogen) atoms. The SMILES string of the molecule is CNS(=O)(=O)c1cc2ccc(-c3cnc(OC)nc3OC)cc2nc1C. The lowest BCUT2D eigenvalue weighted by molar-refractivity contribution is 0.353. The smallest absolute Gasteiger partial charge is 0.319 e. The molecule has 0 radical (unpaired) electrons. The van der Waals surface area contributed by atoms with Crippen LogP contribution in [0.2, 0.25) is 0 Å². The van der Waals surface area contributed by atoms with Gasteiger partial charge < -0.3 is 9.47 Å². The average Bonchev–Trinajstić information content (AvgIpc) is 2.66. The number of aryl methyl sites for hydroxylation is 1. The van der Waals surface area contributed by atoms with Gasteiger partial charge in [-0.25, -0.2) is 18.1 Å². The van der Waals surface area contributed by atoms with Gasteiger partial charge in [0.15, 0.2) is 0 Å². The van der Waals surface area contributed by atoms with E-state index in [4.69, 9.17) is 9.47 Å². The van der Waals surface area contributed by atoms with Gasteiger partial charge in [-0.2, -0.15) is 4.98 Å². The summed E-state index contributed by atoms with van der Waals surface area (Å²) < 4.78 is 36.8. The van der Waals surface area contributed by atoms with Gasteiger partial charge in [-0.15, -0.1) is 0 Å². The number of benzene rings is 1. The molecule has 136 valence electrons. The number of rotatable bonds is 5. The molecular weight excluding hydrogens is 356 g/mol. The maximum atomic E-state index is 12.1. The third-order valence-electron chi connectivity index (χ3n) is 3.94. The number of nitrogens with zero attached hydrogens (tertiary/aromatic N) is 3. The van der Waals surface area contributed by atoms with Crippen molar-refractivity contribution in [3.8, 4) is 23.0 Å². The zero-order chi connectivity index (χ0) is 18.9. The molecule has 0 aliphatic heterocycles. The standard InChI is InChI=1S/C17H18N4O4S/c1-10-15(26(22,23)18-2)8-12-6-5-11(7-14(12)20-10)13-9-19-17(25-4)21-16(13)24-3/h5-9,18H,1-4H3. The summed E-state index contributed by atoms with van der Waals surface area (Å²) in [6.45, 7) is 1.66. The number of fused-ring (bicyclic) bond motifs is 1. The van der Waals surface area contributed by atoms with E-state index in [9.17, 15) is 8.42 Å². The number of nitrogens with one attached hydrogen (secondary N) is 1. The van der Waals surface area contributed by atoms with Gasteiger partial charge in [0.1, 0.15) is 4.90 Å². The molecule has 0 aliphatic carbocycles. The molecule has 1 aromatic carbocycles. The number of methoxy groups -OCH3 is 2. The van der Waals surface area contributed by atoms with Gasteiger partial charge in [0.2, 0.25) is 15.9 Å². The molecule has 2 aromatic heterocycles. The van der Waals surface area contributed by atoms with Crippen LogP contribution in [0, 0.1) is 6.92 Å². The fourth-order valence-corrected chi connectivity index (χ4v) is 3.53. The average molecular weight is 374 g/mol. The molecule has 8 nitrogen and oxygen atoms in total. The largest absolute Gasteiger partial charge is 0.480 e. The molecule has 9 heteroatoms. The maximum Gasteiger partial charge on any atom is 0.319 e. The molecule has 0 unspecified atom stereocenters. The van der Waals surface area contributed by atoms with Crippen molar-refractivity contribution in [2.45, 2.75) is 11.8 Å². The van der Waals surface area contributed by atoms with E-state index < -0.39 is 10.0 Å². The number of ether oxygens (including phenoxy) is 2. The quantitative estimate of drug-likeness (QED) is 0.728. The summed E-state index contributed by atoms with van der Waals surface area (Å²) in [4.78, 5) is 12.9. The number of sulfonamides is 1. The van der Waals surface area contributed by atoms with Gasteiger partial charge in [0, 0.05) is 11.6 Å². The Morgan fingerprint density at radius 1 is 1.08 bits per heavy atom. The molecule has 3 aromatic rings. The highest BCUT2D eigenvalue weighted by Crippen LogP contribution is 2.31. The van der Waals surface area contributed by atoms with Crippen LogP contribution < -0.4 is 14.2 Å². The summed E-state index contributed by atoms with van der Waals surface area (Å²) in [5.41, 5.74) is 2.56. The van der Waals surface area contributed by atoms with Crippen molar-refractivity contribution in [3.63, 3.8) is 0 Å². The van der Waals surface area contributed by atoms with Crippen LogP contribution in [0.1, 0.15) is 5.69 Å². The van der Waals surface area contributed by atoms with Gasteiger partial charge in [-0.3, -0.25) is 4.98 Å². The number of hydrogen-bond acceptors (Lipinski definition) is 7. The Labute approximate surface area is 151 Å². The Bertz CT molecular complexity index is 1080. The summed E-state index contributed by atoms with van der Waals surface area (Å²) >= 11 is 0. The second kappa shape index (κ2) is 6.85. The van der Waals surface area contributed by atoms with E-state index in [1.54, 1.807) is 25.3 Å². The Morgan fingerprint density at radius 3 is 2.50 bits per heavy atom. The topological polar surface area (TPSA) is 103 Å². The van der Waals surface area contributed by atoms with Gasteiger partial charge in [0.05, 0.1) is 31.0 Å². The molecule has 1 N–H and O–H groups in total. The number of hydrogen-bond donors (Lipinski definition) is 1. The van der Waals surface area contributed by atoms with Crippen LogP contribution in [0.3, 0.4) is 0 Å². The number of pyridine rings is 1. The van der Waals surface area contributed by atoms with Crippen LogP contribution in [-0.2, 0) is 10.0 Å². The van der Waals surface area contributed by atoms with Crippen LogP contribution in [0.4, 0.5) is 0 Å². The third-order valence-corrected chi connectivity index (χ3v) is 5.47. The Morgan fingerprint density at radius 2 is 1.85 bits per heavy atom. The van der Waals surface area contributed by atoms with Crippen LogP contribution >= 0.6 is 0 Å². The first kappa shape index (κ1) is 18.0. The van der Waals surface area contributed by atoms with E-state index >= 15 is 0 Å². The Kier molecular flexibility index (Phi) is 4.75. The highest BCUT2D eigenvalue weighted by atomic mass is 32.2. The van der Waals surface area contributed by atoms with E-state index in [1.807, 2.05) is 12.1 Å². The second-order valence-corrected chi connectivity index (χ2v) is 7.32. The molecule has 0 bridgehead atoms. The molecule has 0 aliphatic rings. The molecule has 0 saturated carbocycles. The molecule has 0 saturated heterocycles. The Hall–Kier alpha value is -2.78. The third kappa shape index (κ3) is 3.18. The molecule has 2 heterocycles. The zero-order valence-corrected chi connectivity index (χ0v) is 15.6. The molecule has 0 fully saturated rings. The summed E-state index contributed by atoms with van der Waals surface area (Å²) in [5.74, 6) is 0.377. The van der Waals surface area contributed by atoms with E-state index in [-0.39, 0.29) is 10.9 Å². The van der Waals surface area contributed by atoms with Crippen LogP contribution in [-0.4, -0.2) is 44.6 Å². The lowest BCUT2D eigenvalue weighted by Gasteiger charge is -2.11. The van der Waals surface area contributed by atoms with E-state index in [0.29, 0.717) is 28.0 Å². The van der Waals surface area contributed by atoms with Crippen LogP contribution in [0.25, 0.3) is 22.0 Å². The molecule has 0 amide bonds. The van der Waals surface area contributed by atoms with Crippen molar-refractivity contribution >= 4 is 20.9 Å². The zero-order valence-electron chi connectivity index (χ0n) is 14.8. The normalized spacial score (nSPS) is 11.5. The van der Waals surface area contributed by atoms with E-state index in [2.05, 4.69) is 19.7 Å². The van der Waals surface area contributed by atoms with E-state index in [0.717, 1.165) is 5.56 Å². The second-order valence-electron chi connectivity index (χ2n) is 5.47. The predicted molar refractivity (Wildman–Crippen MR) is 96.9 cm³/mol. The first-order chi connectivity index (χ1) is 12.4. The van der Waals surface area contributed by atoms with Crippen molar-refractivity contribution < 1.29 is 17.9 Å². The van der Waals surface area contributed by atoms with Crippen LogP contribution in [0.15, 0.2) is 35.4 Å². The van der Waals surface area contributed by atoms with Gasteiger partial charge in [-0.05, 0) is 31.7 Å². The lowest BCUT2D eigenvalue weighted by atomic mass is 10.1. The first-order valence-electron chi connectivity index (χ1n) is 7.70. The molecule has 3 rings (SSSR count). The van der Waals surface area contributed by atoms with Crippen LogP contribution in [0.5, 0.6) is 11.9 Å². The minimum absolute atomic E-state index is 0.158.